The number of likely N-dealkylation sites (N-methyl/N-ethyl adjacent to an activating group) is 1. The molecular weight excluding hydrogens is 346 g/mol. The number of hydrogen-bond acceptors (Lipinski definition) is 5. The number of piperidine rings is 1. The number of ether oxygens (including phenoxy) is 2. The molecule has 1 aromatic carbocycles. The Labute approximate surface area is 160 Å². The fraction of sp³-hybridized carbons (Fsp3) is 0.600. The van der Waals surface area contributed by atoms with Crippen molar-refractivity contribution in [1.82, 2.24) is 15.1 Å². The molecule has 2 saturated heterocycles. The van der Waals surface area contributed by atoms with Crippen LogP contribution in [0.25, 0.3) is 0 Å². The summed E-state index contributed by atoms with van der Waals surface area (Å²) >= 11 is 0. The number of methoxy groups -OCH3 is 2. The maximum absolute atomic E-state index is 12.9. The highest BCUT2D eigenvalue weighted by Gasteiger charge is 2.46. The minimum absolute atomic E-state index is 0.0492. The van der Waals surface area contributed by atoms with Gasteiger partial charge in [-0.05, 0) is 44.5 Å². The number of nitrogens with one attached hydrogen (secondary N) is 1. The molecule has 0 saturated carbocycles. The van der Waals surface area contributed by atoms with Gasteiger partial charge < -0.3 is 19.7 Å². The van der Waals surface area contributed by atoms with Crippen LogP contribution in [0, 0.1) is 0 Å². The van der Waals surface area contributed by atoms with Crippen LogP contribution in [0.15, 0.2) is 18.2 Å². The summed E-state index contributed by atoms with van der Waals surface area (Å²) in [6.07, 6.45) is 2.55. The third-order valence-corrected chi connectivity index (χ3v) is 5.88. The van der Waals surface area contributed by atoms with Gasteiger partial charge in [0.2, 0.25) is 11.8 Å². The minimum Gasteiger partial charge on any atom is -0.497 e. The van der Waals surface area contributed by atoms with E-state index in [9.17, 15) is 9.59 Å². The van der Waals surface area contributed by atoms with Gasteiger partial charge in [-0.2, -0.15) is 0 Å². The van der Waals surface area contributed by atoms with Crippen LogP contribution < -0.4 is 14.8 Å². The number of amides is 2. The zero-order chi connectivity index (χ0) is 19.4. The highest BCUT2D eigenvalue weighted by molar-refractivity contribution is 5.87. The van der Waals surface area contributed by atoms with Crippen molar-refractivity contribution in [3.63, 3.8) is 0 Å². The SMILES string of the molecule is COc1ccc(OC)c(CC(=O)N2CCC3(CC2)C(=O)NCCCN3C)c1. The normalized spacial score (nSPS) is 20.1. The molecule has 2 amide bonds. The molecule has 0 aromatic heterocycles. The molecular formula is C20H29N3O4. The molecule has 2 aliphatic rings. The second kappa shape index (κ2) is 8.17. The summed E-state index contributed by atoms with van der Waals surface area (Å²) in [6.45, 7) is 2.79. The fourth-order valence-electron chi connectivity index (χ4n) is 4.10. The van der Waals surface area contributed by atoms with E-state index < -0.39 is 5.54 Å². The number of rotatable bonds is 4. The van der Waals surface area contributed by atoms with Crippen LogP contribution in [-0.2, 0) is 16.0 Å². The zero-order valence-electron chi connectivity index (χ0n) is 16.4. The lowest BCUT2D eigenvalue weighted by Crippen LogP contribution is -2.61. The van der Waals surface area contributed by atoms with E-state index in [4.69, 9.17) is 9.47 Å². The number of hydrogen-bond donors (Lipinski definition) is 1. The van der Waals surface area contributed by atoms with Gasteiger partial charge in [0.25, 0.3) is 0 Å². The smallest absolute Gasteiger partial charge is 0.240 e. The standard InChI is InChI=1S/C20H29N3O4/c1-22-10-4-9-21-19(25)20(22)7-11-23(12-8-20)18(24)14-15-13-16(26-2)5-6-17(15)27-3/h5-6,13H,4,7-12,14H2,1-3H3,(H,21,25). The van der Waals surface area contributed by atoms with E-state index in [0.29, 0.717) is 37.4 Å². The molecule has 0 unspecified atom stereocenters. The van der Waals surface area contributed by atoms with Gasteiger partial charge >= 0.3 is 0 Å². The molecule has 0 aliphatic carbocycles. The largest absolute Gasteiger partial charge is 0.497 e. The highest BCUT2D eigenvalue weighted by Crippen LogP contribution is 2.31. The highest BCUT2D eigenvalue weighted by atomic mass is 16.5. The van der Waals surface area contributed by atoms with Gasteiger partial charge in [-0.25, -0.2) is 0 Å². The van der Waals surface area contributed by atoms with Gasteiger partial charge in [-0.15, -0.1) is 0 Å². The van der Waals surface area contributed by atoms with E-state index in [1.807, 2.05) is 30.1 Å². The lowest BCUT2D eigenvalue weighted by molar-refractivity contribution is -0.141. The first-order valence-electron chi connectivity index (χ1n) is 9.48. The van der Waals surface area contributed by atoms with Crippen LogP contribution in [0.4, 0.5) is 0 Å². The van der Waals surface area contributed by atoms with Crippen LogP contribution in [0.1, 0.15) is 24.8 Å². The number of likely N-dealkylation sites (tertiary alicyclic amines) is 1. The Morgan fingerprint density at radius 2 is 1.93 bits per heavy atom. The van der Waals surface area contributed by atoms with Crippen LogP contribution in [0.3, 0.4) is 0 Å². The minimum atomic E-state index is -0.485. The van der Waals surface area contributed by atoms with E-state index in [1.54, 1.807) is 14.2 Å². The number of carbonyl (C=O) groups excluding carboxylic acids is 2. The van der Waals surface area contributed by atoms with E-state index in [-0.39, 0.29) is 18.2 Å². The molecule has 3 rings (SSSR count). The number of benzene rings is 1. The summed E-state index contributed by atoms with van der Waals surface area (Å²) in [6, 6.07) is 5.48. The van der Waals surface area contributed by atoms with Crippen molar-refractivity contribution in [3.8, 4) is 11.5 Å². The van der Waals surface area contributed by atoms with Crippen LogP contribution in [-0.4, -0.2) is 74.6 Å². The Balaban J connectivity index is 1.68. The average Bonchev–Trinajstić information content (AvgIpc) is 2.82. The van der Waals surface area contributed by atoms with Crippen molar-refractivity contribution in [2.75, 3.05) is 47.4 Å². The summed E-state index contributed by atoms with van der Waals surface area (Å²) in [4.78, 5) is 29.5. The monoisotopic (exact) mass is 375 g/mol. The average molecular weight is 375 g/mol. The summed E-state index contributed by atoms with van der Waals surface area (Å²) in [5.74, 6) is 1.53. The maximum Gasteiger partial charge on any atom is 0.240 e. The van der Waals surface area contributed by atoms with Gasteiger partial charge in [0.05, 0.1) is 20.6 Å². The van der Waals surface area contributed by atoms with Crippen molar-refractivity contribution in [2.45, 2.75) is 31.2 Å². The van der Waals surface area contributed by atoms with Crippen LogP contribution in [0.2, 0.25) is 0 Å². The summed E-state index contributed by atoms with van der Waals surface area (Å²) in [5.41, 5.74) is 0.326. The molecule has 0 bridgehead atoms. The van der Waals surface area contributed by atoms with Gasteiger partial charge in [0, 0.05) is 31.7 Å². The predicted molar refractivity (Wildman–Crippen MR) is 102 cm³/mol. The topological polar surface area (TPSA) is 71.1 Å². The maximum atomic E-state index is 12.9. The fourth-order valence-corrected chi connectivity index (χ4v) is 4.10. The van der Waals surface area contributed by atoms with Gasteiger partial charge in [0.1, 0.15) is 17.0 Å². The molecule has 0 atom stereocenters. The Morgan fingerprint density at radius 3 is 2.59 bits per heavy atom. The predicted octanol–water partition coefficient (Wildman–Crippen LogP) is 1.06. The van der Waals surface area contributed by atoms with E-state index >= 15 is 0 Å². The van der Waals surface area contributed by atoms with Crippen molar-refractivity contribution in [1.29, 1.82) is 0 Å². The molecule has 1 spiro atoms. The molecule has 2 heterocycles. The molecule has 27 heavy (non-hydrogen) atoms. The van der Waals surface area contributed by atoms with Gasteiger partial charge in [-0.3, -0.25) is 14.5 Å². The van der Waals surface area contributed by atoms with Crippen molar-refractivity contribution < 1.29 is 19.1 Å². The Hall–Kier alpha value is -2.28. The third-order valence-electron chi connectivity index (χ3n) is 5.88. The van der Waals surface area contributed by atoms with E-state index in [2.05, 4.69) is 10.2 Å². The van der Waals surface area contributed by atoms with Crippen molar-refractivity contribution in [3.05, 3.63) is 23.8 Å². The van der Waals surface area contributed by atoms with Gasteiger partial charge in [-0.1, -0.05) is 0 Å². The first-order chi connectivity index (χ1) is 13.0. The first-order valence-corrected chi connectivity index (χ1v) is 9.48. The zero-order valence-corrected chi connectivity index (χ0v) is 16.4. The molecule has 2 fully saturated rings. The molecule has 2 aliphatic heterocycles. The molecule has 1 aromatic rings. The van der Waals surface area contributed by atoms with E-state index in [1.165, 1.54) is 0 Å². The number of nitrogens with zero attached hydrogens (tertiary/aromatic N) is 2. The second-order valence-corrected chi connectivity index (χ2v) is 7.30. The molecule has 0 radical (unpaired) electrons. The first kappa shape index (κ1) is 19.5. The Morgan fingerprint density at radius 1 is 1.19 bits per heavy atom. The third kappa shape index (κ3) is 3.88. The van der Waals surface area contributed by atoms with Gasteiger partial charge in [0.15, 0.2) is 0 Å². The molecule has 7 heteroatoms. The molecule has 7 nitrogen and oxygen atoms in total. The molecule has 148 valence electrons. The quantitative estimate of drug-likeness (QED) is 0.852. The molecule has 1 N–H and O–H groups in total. The number of carbonyl (C=O) groups is 2. The second-order valence-electron chi connectivity index (χ2n) is 7.30. The van der Waals surface area contributed by atoms with Crippen molar-refractivity contribution >= 4 is 11.8 Å². The summed E-state index contributed by atoms with van der Waals surface area (Å²) in [7, 11) is 5.22. The summed E-state index contributed by atoms with van der Waals surface area (Å²) < 4.78 is 10.6. The van der Waals surface area contributed by atoms with E-state index in [0.717, 1.165) is 25.1 Å². The van der Waals surface area contributed by atoms with Crippen LogP contribution in [0.5, 0.6) is 11.5 Å². The summed E-state index contributed by atoms with van der Waals surface area (Å²) in [5, 5.41) is 3.03. The van der Waals surface area contributed by atoms with Crippen LogP contribution >= 0.6 is 0 Å². The Bertz CT molecular complexity index is 698. The lowest BCUT2D eigenvalue weighted by Gasteiger charge is -2.45. The lowest BCUT2D eigenvalue weighted by atomic mass is 9.85. The Kier molecular flexibility index (Phi) is 5.89. The van der Waals surface area contributed by atoms with Crippen molar-refractivity contribution in [2.24, 2.45) is 0 Å².